The van der Waals surface area contributed by atoms with Gasteiger partial charge in [-0.25, -0.2) is 4.98 Å². The van der Waals surface area contributed by atoms with Crippen LogP contribution in [0.15, 0.2) is 59.9 Å². The third-order valence-electron chi connectivity index (χ3n) is 4.68. The van der Waals surface area contributed by atoms with Crippen molar-refractivity contribution in [1.82, 2.24) is 14.9 Å². The van der Waals surface area contributed by atoms with Crippen molar-refractivity contribution in [2.45, 2.75) is 26.9 Å². The summed E-state index contributed by atoms with van der Waals surface area (Å²) in [5.41, 5.74) is 3.28. The Hall–Kier alpha value is -2.75. The van der Waals surface area contributed by atoms with Crippen LogP contribution in [0.3, 0.4) is 0 Å². The van der Waals surface area contributed by atoms with Gasteiger partial charge in [-0.05, 0) is 37.1 Å². The Labute approximate surface area is 200 Å². The summed E-state index contributed by atoms with van der Waals surface area (Å²) in [7, 11) is 3.38. The Morgan fingerprint density at radius 3 is 2.61 bits per heavy atom. The lowest BCUT2D eigenvalue weighted by atomic mass is 10.1. The summed E-state index contributed by atoms with van der Waals surface area (Å²) in [4.78, 5) is 8.61. The molecule has 0 aliphatic rings. The van der Waals surface area contributed by atoms with Crippen LogP contribution in [0, 0.1) is 6.92 Å². The van der Waals surface area contributed by atoms with Gasteiger partial charge in [0.05, 0.1) is 13.7 Å². The molecule has 0 fully saturated rings. The van der Waals surface area contributed by atoms with Gasteiger partial charge in [0.1, 0.15) is 5.82 Å². The highest BCUT2D eigenvalue weighted by Gasteiger charge is 2.07. The highest BCUT2D eigenvalue weighted by Crippen LogP contribution is 2.30. The smallest absolute Gasteiger partial charge is 0.195 e. The van der Waals surface area contributed by atoms with E-state index in [0.29, 0.717) is 30.6 Å². The third-order valence-corrected chi connectivity index (χ3v) is 4.68. The molecule has 1 heterocycles. The normalized spacial score (nSPS) is 10.9. The number of aliphatic imine (C=N–C) groups is 1. The Kier molecular flexibility index (Phi) is 9.64. The minimum absolute atomic E-state index is 0. The summed E-state index contributed by atoms with van der Waals surface area (Å²) >= 11 is 0. The second kappa shape index (κ2) is 12.2. The molecular weight excluding hydrogens is 505 g/mol. The molecule has 0 bridgehead atoms. The van der Waals surface area contributed by atoms with Crippen LogP contribution in [0.25, 0.3) is 0 Å². The van der Waals surface area contributed by atoms with Gasteiger partial charge in [0.25, 0.3) is 0 Å². The van der Waals surface area contributed by atoms with Crippen molar-refractivity contribution in [3.63, 3.8) is 0 Å². The summed E-state index contributed by atoms with van der Waals surface area (Å²) in [5.74, 6) is 3.09. The van der Waals surface area contributed by atoms with E-state index in [9.17, 15) is 0 Å². The second-order valence-electron chi connectivity index (χ2n) is 6.77. The molecule has 7 nitrogen and oxygen atoms in total. The first-order chi connectivity index (χ1) is 14.6. The van der Waals surface area contributed by atoms with Crippen LogP contribution in [0.5, 0.6) is 11.5 Å². The van der Waals surface area contributed by atoms with Gasteiger partial charge in [-0.3, -0.25) is 4.99 Å². The van der Waals surface area contributed by atoms with Gasteiger partial charge in [0.2, 0.25) is 0 Å². The number of imidazole rings is 1. The van der Waals surface area contributed by atoms with Gasteiger partial charge in [0.15, 0.2) is 17.5 Å². The first-order valence-electron chi connectivity index (χ1n) is 9.97. The van der Waals surface area contributed by atoms with Crippen LogP contribution in [0.4, 0.5) is 5.69 Å². The predicted molar refractivity (Wildman–Crippen MR) is 136 cm³/mol. The van der Waals surface area contributed by atoms with E-state index in [1.165, 1.54) is 11.1 Å². The molecular formula is C23H30IN5O2. The van der Waals surface area contributed by atoms with Crippen molar-refractivity contribution in [2.75, 3.05) is 26.1 Å². The number of nitrogens with zero attached hydrogens (tertiary/aromatic N) is 3. The van der Waals surface area contributed by atoms with Crippen molar-refractivity contribution in [2.24, 2.45) is 4.99 Å². The minimum Gasteiger partial charge on any atom is -0.493 e. The van der Waals surface area contributed by atoms with E-state index in [1.54, 1.807) is 14.2 Å². The SMILES string of the molecule is CCOc1cc(NC(=NC)NCc2cccc(Cn3ccnc3C)c2)ccc1OC.I. The molecule has 0 saturated heterocycles. The van der Waals surface area contributed by atoms with Crippen LogP contribution in [-0.4, -0.2) is 36.3 Å². The Balaban J connectivity index is 0.00000341. The molecule has 31 heavy (non-hydrogen) atoms. The molecule has 3 rings (SSSR count). The fourth-order valence-electron chi connectivity index (χ4n) is 3.13. The molecule has 0 amide bonds. The van der Waals surface area contributed by atoms with Gasteiger partial charge < -0.3 is 24.7 Å². The highest BCUT2D eigenvalue weighted by molar-refractivity contribution is 14.0. The molecule has 166 valence electrons. The number of ether oxygens (including phenoxy) is 2. The summed E-state index contributed by atoms with van der Waals surface area (Å²) < 4.78 is 13.1. The van der Waals surface area contributed by atoms with E-state index in [1.807, 2.05) is 44.4 Å². The lowest BCUT2D eigenvalue weighted by Gasteiger charge is -2.15. The quantitative estimate of drug-likeness (QED) is 0.253. The van der Waals surface area contributed by atoms with Crippen molar-refractivity contribution in [1.29, 1.82) is 0 Å². The third kappa shape index (κ3) is 6.88. The maximum atomic E-state index is 5.65. The first kappa shape index (κ1) is 24.5. The zero-order chi connectivity index (χ0) is 21.3. The van der Waals surface area contributed by atoms with E-state index >= 15 is 0 Å². The maximum Gasteiger partial charge on any atom is 0.195 e. The summed E-state index contributed by atoms with van der Waals surface area (Å²) in [6.07, 6.45) is 3.82. The molecule has 0 aliphatic carbocycles. The van der Waals surface area contributed by atoms with Crippen molar-refractivity contribution >= 4 is 35.6 Å². The van der Waals surface area contributed by atoms with Crippen LogP contribution in [-0.2, 0) is 13.1 Å². The minimum atomic E-state index is 0. The molecule has 0 radical (unpaired) electrons. The predicted octanol–water partition coefficient (Wildman–Crippen LogP) is 4.45. The zero-order valence-corrected chi connectivity index (χ0v) is 20.7. The number of guanidine groups is 1. The van der Waals surface area contributed by atoms with E-state index in [0.717, 1.165) is 18.1 Å². The molecule has 2 N–H and O–H groups in total. The van der Waals surface area contributed by atoms with Crippen molar-refractivity contribution in [3.05, 3.63) is 71.8 Å². The van der Waals surface area contributed by atoms with Crippen molar-refractivity contribution < 1.29 is 9.47 Å². The number of halogens is 1. The van der Waals surface area contributed by atoms with E-state index in [4.69, 9.17) is 9.47 Å². The molecule has 0 unspecified atom stereocenters. The summed E-state index contributed by atoms with van der Waals surface area (Å²) in [5, 5.41) is 6.66. The number of aromatic nitrogens is 2. The van der Waals surface area contributed by atoms with E-state index < -0.39 is 0 Å². The largest absolute Gasteiger partial charge is 0.493 e. The fraction of sp³-hybridized carbons (Fsp3) is 0.304. The van der Waals surface area contributed by atoms with Gasteiger partial charge in [-0.1, -0.05) is 24.3 Å². The number of hydrogen-bond acceptors (Lipinski definition) is 4. The van der Waals surface area contributed by atoms with E-state index in [2.05, 4.69) is 49.4 Å². The molecule has 3 aromatic rings. The van der Waals surface area contributed by atoms with Crippen LogP contribution < -0.4 is 20.1 Å². The average Bonchev–Trinajstić information content (AvgIpc) is 3.16. The van der Waals surface area contributed by atoms with Crippen molar-refractivity contribution in [3.8, 4) is 11.5 Å². The Morgan fingerprint density at radius 2 is 1.94 bits per heavy atom. The fourth-order valence-corrected chi connectivity index (χ4v) is 3.13. The molecule has 2 aromatic carbocycles. The second-order valence-corrected chi connectivity index (χ2v) is 6.77. The molecule has 0 spiro atoms. The summed E-state index contributed by atoms with van der Waals surface area (Å²) in [6, 6.07) is 14.2. The van der Waals surface area contributed by atoms with Gasteiger partial charge in [-0.15, -0.1) is 24.0 Å². The molecule has 0 aliphatic heterocycles. The van der Waals surface area contributed by atoms with Crippen LogP contribution in [0.1, 0.15) is 23.9 Å². The number of methoxy groups -OCH3 is 1. The lowest BCUT2D eigenvalue weighted by Crippen LogP contribution is -2.30. The highest BCUT2D eigenvalue weighted by atomic mass is 127. The number of rotatable bonds is 8. The zero-order valence-electron chi connectivity index (χ0n) is 18.4. The standard InChI is InChI=1S/C23H29N5O2.HI/c1-5-30-22-14-20(9-10-21(22)29-4)27-23(24-3)26-15-18-7-6-8-19(13-18)16-28-12-11-25-17(28)2;/h6-14H,5,15-16H2,1-4H3,(H2,24,26,27);1H. The number of aryl methyl sites for hydroxylation is 1. The number of hydrogen-bond donors (Lipinski definition) is 2. The summed E-state index contributed by atoms with van der Waals surface area (Å²) in [6.45, 7) is 5.99. The maximum absolute atomic E-state index is 5.65. The average molecular weight is 535 g/mol. The molecule has 0 saturated carbocycles. The molecule has 8 heteroatoms. The molecule has 0 atom stereocenters. The Bertz CT molecular complexity index is 1000. The van der Waals surface area contributed by atoms with E-state index in [-0.39, 0.29) is 24.0 Å². The molecule has 1 aromatic heterocycles. The monoisotopic (exact) mass is 535 g/mol. The number of nitrogens with one attached hydrogen (secondary N) is 2. The van der Waals surface area contributed by atoms with Crippen LogP contribution in [0.2, 0.25) is 0 Å². The van der Waals surface area contributed by atoms with Gasteiger partial charge >= 0.3 is 0 Å². The number of anilines is 1. The van der Waals surface area contributed by atoms with Crippen LogP contribution >= 0.6 is 24.0 Å². The number of benzene rings is 2. The first-order valence-corrected chi connectivity index (χ1v) is 9.97. The van der Waals surface area contributed by atoms with Gasteiger partial charge in [0, 0.05) is 44.3 Å². The topological polar surface area (TPSA) is 72.7 Å². The van der Waals surface area contributed by atoms with Gasteiger partial charge in [-0.2, -0.15) is 0 Å². The lowest BCUT2D eigenvalue weighted by molar-refractivity contribution is 0.311. The Morgan fingerprint density at radius 1 is 1.13 bits per heavy atom.